The zero-order valence-corrected chi connectivity index (χ0v) is 20.8. The Morgan fingerprint density at radius 3 is 1.26 bits per heavy atom. The molecule has 6 rings (SSSR count). The van der Waals surface area contributed by atoms with Crippen LogP contribution in [0, 0.1) is 13.8 Å². The molecule has 0 N–H and O–H groups in total. The average molecular weight is 455 g/mol. The lowest BCUT2D eigenvalue weighted by Gasteiger charge is -2.24. The fraction of sp³-hybridized carbons (Fsp3) is 0.152. The maximum absolute atomic E-state index is 2.36. The summed E-state index contributed by atoms with van der Waals surface area (Å²) in [6, 6.07) is 35.1. The predicted molar refractivity (Wildman–Crippen MR) is 148 cm³/mol. The molecule has 0 aliphatic rings. The van der Waals surface area contributed by atoms with E-state index >= 15 is 0 Å². The quantitative estimate of drug-likeness (QED) is 0.253. The number of para-hydroxylation sites is 2. The van der Waals surface area contributed by atoms with Crippen molar-refractivity contribution in [3.8, 4) is 11.4 Å². The van der Waals surface area contributed by atoms with Gasteiger partial charge in [0, 0.05) is 40.0 Å². The number of hydrogen-bond acceptors (Lipinski definition) is 0. The molecule has 2 heteroatoms. The summed E-state index contributed by atoms with van der Waals surface area (Å²) in [6.45, 7) is 8.98. The first-order valence-electron chi connectivity index (χ1n) is 12.3. The minimum atomic E-state index is -0.203. The zero-order chi connectivity index (χ0) is 24.2. The van der Waals surface area contributed by atoms with Gasteiger partial charge in [0.05, 0.1) is 11.0 Å². The molecule has 4 aromatic carbocycles. The summed E-state index contributed by atoms with van der Waals surface area (Å²) in [6.07, 6.45) is 4.68. The van der Waals surface area contributed by atoms with Crippen molar-refractivity contribution in [1.82, 2.24) is 9.13 Å². The molecule has 0 spiro atoms. The number of fused-ring (bicyclic) bond motifs is 2. The molecule has 0 atom stereocenters. The molecular formula is C33H30N2. The van der Waals surface area contributed by atoms with Crippen molar-refractivity contribution in [1.29, 1.82) is 0 Å². The molecule has 0 aliphatic carbocycles. The molecule has 0 fully saturated rings. The van der Waals surface area contributed by atoms with Gasteiger partial charge in [0.15, 0.2) is 0 Å². The molecule has 0 aliphatic heterocycles. The topological polar surface area (TPSA) is 9.86 Å². The van der Waals surface area contributed by atoms with E-state index in [9.17, 15) is 0 Å². The summed E-state index contributed by atoms with van der Waals surface area (Å²) in [5.74, 6) is 0. The van der Waals surface area contributed by atoms with Gasteiger partial charge < -0.3 is 9.13 Å². The van der Waals surface area contributed by atoms with Crippen molar-refractivity contribution >= 4 is 21.8 Å². The van der Waals surface area contributed by atoms with Crippen molar-refractivity contribution in [2.24, 2.45) is 0 Å². The molecule has 0 saturated heterocycles. The van der Waals surface area contributed by atoms with Crippen LogP contribution in [0.3, 0.4) is 0 Å². The lowest BCUT2D eigenvalue weighted by atomic mass is 9.78. The van der Waals surface area contributed by atoms with Crippen molar-refractivity contribution in [3.63, 3.8) is 0 Å². The number of hydrogen-bond donors (Lipinski definition) is 0. The van der Waals surface area contributed by atoms with E-state index in [1.807, 2.05) is 0 Å². The van der Waals surface area contributed by atoms with Gasteiger partial charge in [0.1, 0.15) is 0 Å². The van der Waals surface area contributed by atoms with Crippen molar-refractivity contribution in [2.75, 3.05) is 0 Å². The third-order valence-corrected chi connectivity index (χ3v) is 7.39. The largest absolute Gasteiger partial charge is 0.316 e. The van der Waals surface area contributed by atoms with E-state index in [1.54, 1.807) is 0 Å². The van der Waals surface area contributed by atoms with Gasteiger partial charge >= 0.3 is 0 Å². The van der Waals surface area contributed by atoms with Crippen LogP contribution in [0.25, 0.3) is 33.2 Å². The van der Waals surface area contributed by atoms with Crippen LogP contribution in [-0.4, -0.2) is 9.13 Å². The first-order valence-corrected chi connectivity index (χ1v) is 12.3. The van der Waals surface area contributed by atoms with Crippen LogP contribution in [0.15, 0.2) is 109 Å². The van der Waals surface area contributed by atoms with E-state index in [1.165, 1.54) is 55.4 Å². The average Bonchev–Trinajstić information content (AvgIpc) is 3.46. The molecule has 0 unspecified atom stereocenters. The summed E-state index contributed by atoms with van der Waals surface area (Å²) >= 11 is 0. The van der Waals surface area contributed by atoms with Crippen LogP contribution in [0.4, 0.5) is 0 Å². The van der Waals surface area contributed by atoms with E-state index in [0.29, 0.717) is 0 Å². The number of rotatable bonds is 4. The second-order valence-corrected chi connectivity index (χ2v) is 10.2. The molecule has 0 amide bonds. The van der Waals surface area contributed by atoms with Gasteiger partial charge in [0.25, 0.3) is 0 Å². The number of aromatic nitrogens is 2. The minimum Gasteiger partial charge on any atom is -0.316 e. The van der Waals surface area contributed by atoms with Crippen LogP contribution in [0.2, 0.25) is 0 Å². The first kappa shape index (κ1) is 21.5. The summed E-state index contributed by atoms with van der Waals surface area (Å²) in [4.78, 5) is 0. The molecular weight excluding hydrogens is 424 g/mol. The van der Waals surface area contributed by atoms with Crippen LogP contribution in [-0.2, 0) is 5.41 Å². The Kier molecular flexibility index (Phi) is 4.93. The lowest BCUT2D eigenvalue weighted by Crippen LogP contribution is -2.18. The van der Waals surface area contributed by atoms with Gasteiger partial charge in [0.2, 0.25) is 0 Å². The Morgan fingerprint density at radius 2 is 0.857 bits per heavy atom. The van der Waals surface area contributed by atoms with E-state index in [2.05, 4.69) is 146 Å². The van der Waals surface area contributed by atoms with Crippen molar-refractivity contribution < 1.29 is 0 Å². The standard InChI is InChI=1S/C33H30N2/c1-23-13-17-25(18-14-23)34-21-29(27-9-5-7-11-31(27)34)33(3,4)30-22-35(26-19-15-24(2)16-20-26)32-12-8-6-10-28(30)32/h5-22H,1-4H3. The summed E-state index contributed by atoms with van der Waals surface area (Å²) in [5.41, 5.74) is 9.87. The molecule has 35 heavy (non-hydrogen) atoms. The van der Waals surface area contributed by atoms with E-state index in [4.69, 9.17) is 0 Å². The number of nitrogens with zero attached hydrogens (tertiary/aromatic N) is 2. The second kappa shape index (κ2) is 8.02. The molecule has 2 nitrogen and oxygen atoms in total. The number of aryl methyl sites for hydroxylation is 2. The SMILES string of the molecule is Cc1ccc(-n2cc(C(C)(C)c3cn(-c4ccc(C)cc4)c4ccccc34)c3ccccc32)cc1. The van der Waals surface area contributed by atoms with Crippen molar-refractivity contribution in [3.05, 3.63) is 132 Å². The van der Waals surface area contributed by atoms with Gasteiger partial charge in [-0.15, -0.1) is 0 Å². The Bertz CT molecular complexity index is 1530. The highest BCUT2D eigenvalue weighted by atomic mass is 15.0. The van der Waals surface area contributed by atoms with Crippen LogP contribution in [0.1, 0.15) is 36.1 Å². The monoisotopic (exact) mass is 454 g/mol. The van der Waals surface area contributed by atoms with Gasteiger partial charge in [-0.3, -0.25) is 0 Å². The van der Waals surface area contributed by atoms with E-state index in [0.717, 1.165) is 0 Å². The molecule has 2 heterocycles. The Labute approximate surface area is 207 Å². The predicted octanol–water partition coefficient (Wildman–Crippen LogP) is 8.52. The molecule has 0 saturated carbocycles. The Balaban J connectivity index is 1.58. The summed E-state index contributed by atoms with van der Waals surface area (Å²) < 4.78 is 4.68. The van der Waals surface area contributed by atoms with E-state index < -0.39 is 0 Å². The Hall–Kier alpha value is -4.04. The third-order valence-electron chi connectivity index (χ3n) is 7.39. The van der Waals surface area contributed by atoms with Crippen LogP contribution >= 0.6 is 0 Å². The first-order chi connectivity index (χ1) is 16.9. The number of benzene rings is 4. The highest BCUT2D eigenvalue weighted by Gasteiger charge is 2.31. The highest BCUT2D eigenvalue weighted by Crippen LogP contribution is 2.42. The molecule has 0 radical (unpaired) electrons. The highest BCUT2D eigenvalue weighted by molar-refractivity contribution is 5.91. The molecule has 2 aromatic heterocycles. The maximum atomic E-state index is 2.36. The maximum Gasteiger partial charge on any atom is 0.0531 e. The molecule has 6 aromatic rings. The lowest BCUT2D eigenvalue weighted by molar-refractivity contribution is 0.650. The van der Waals surface area contributed by atoms with Gasteiger partial charge in [-0.25, -0.2) is 0 Å². The smallest absolute Gasteiger partial charge is 0.0531 e. The summed E-state index contributed by atoms with van der Waals surface area (Å²) in [5, 5.41) is 2.59. The van der Waals surface area contributed by atoms with Gasteiger partial charge in [-0.1, -0.05) is 85.6 Å². The second-order valence-electron chi connectivity index (χ2n) is 10.2. The normalized spacial score (nSPS) is 12.0. The molecule has 0 bridgehead atoms. The zero-order valence-electron chi connectivity index (χ0n) is 20.8. The fourth-order valence-electron chi connectivity index (χ4n) is 5.34. The third kappa shape index (κ3) is 3.49. The van der Waals surface area contributed by atoms with Gasteiger partial charge in [-0.05, 0) is 61.4 Å². The molecule has 172 valence electrons. The van der Waals surface area contributed by atoms with Crippen LogP contribution in [0.5, 0.6) is 0 Å². The fourth-order valence-corrected chi connectivity index (χ4v) is 5.34. The summed E-state index contributed by atoms with van der Waals surface area (Å²) in [7, 11) is 0. The van der Waals surface area contributed by atoms with E-state index in [-0.39, 0.29) is 5.41 Å². The van der Waals surface area contributed by atoms with Crippen molar-refractivity contribution in [2.45, 2.75) is 33.1 Å². The Morgan fingerprint density at radius 1 is 0.486 bits per heavy atom. The minimum absolute atomic E-state index is 0.203. The van der Waals surface area contributed by atoms with Crippen LogP contribution < -0.4 is 0 Å². The van der Waals surface area contributed by atoms with Gasteiger partial charge in [-0.2, -0.15) is 0 Å².